The minimum absolute atomic E-state index is 0.380. The van der Waals surface area contributed by atoms with Gasteiger partial charge in [-0.25, -0.2) is 0 Å². The molecule has 0 amide bonds. The smallest absolute Gasteiger partial charge is 0.106 e. The highest BCUT2D eigenvalue weighted by Crippen LogP contribution is 2.25. The van der Waals surface area contributed by atoms with Gasteiger partial charge in [0.15, 0.2) is 0 Å². The predicted molar refractivity (Wildman–Crippen MR) is 83.7 cm³/mol. The van der Waals surface area contributed by atoms with Gasteiger partial charge >= 0.3 is 0 Å². The van der Waals surface area contributed by atoms with Gasteiger partial charge in [-0.15, -0.1) is 0 Å². The number of nitrogens with two attached hydrogens (primary N) is 1. The van der Waals surface area contributed by atoms with E-state index in [-0.39, 0.29) is 0 Å². The normalized spacial score (nSPS) is 22.4. The Morgan fingerprint density at radius 3 is 3.00 bits per heavy atom. The molecule has 19 heavy (non-hydrogen) atoms. The van der Waals surface area contributed by atoms with Gasteiger partial charge in [-0.2, -0.15) is 0 Å². The molecule has 2 rings (SSSR count). The van der Waals surface area contributed by atoms with E-state index in [4.69, 9.17) is 22.7 Å². The third kappa shape index (κ3) is 3.45. The number of hydrogen-bond acceptors (Lipinski definition) is 3. The maximum absolute atomic E-state index is 5.77. The highest BCUT2D eigenvalue weighted by molar-refractivity contribution is 7.80. The quantitative estimate of drug-likeness (QED) is 0.813. The van der Waals surface area contributed by atoms with E-state index in [1.54, 1.807) is 0 Å². The second kappa shape index (κ2) is 6.35. The maximum Gasteiger partial charge on any atom is 0.106 e. The van der Waals surface area contributed by atoms with Gasteiger partial charge in [0.05, 0.1) is 6.10 Å². The molecule has 2 unspecified atom stereocenters. The monoisotopic (exact) mass is 278 g/mol. The summed E-state index contributed by atoms with van der Waals surface area (Å²) in [5.41, 5.74) is 8.93. The molecular weight excluding hydrogens is 256 g/mol. The first kappa shape index (κ1) is 14.3. The second-order valence-electron chi connectivity index (χ2n) is 5.16. The Bertz CT molecular complexity index is 461. The molecule has 1 aromatic rings. The number of hydrogen-bond donors (Lipinski definition) is 2. The van der Waals surface area contributed by atoms with Crippen LogP contribution < -0.4 is 11.1 Å². The average Bonchev–Trinajstić information content (AvgIpc) is 2.83. The number of thiocarbonyl (C=S) groups is 1. The van der Waals surface area contributed by atoms with Crippen molar-refractivity contribution in [2.45, 2.75) is 32.8 Å². The zero-order chi connectivity index (χ0) is 13.8. The lowest BCUT2D eigenvalue weighted by molar-refractivity contribution is 0.0900. The van der Waals surface area contributed by atoms with Crippen molar-refractivity contribution in [2.24, 2.45) is 11.7 Å². The fourth-order valence-electron chi connectivity index (χ4n) is 2.64. The predicted octanol–water partition coefficient (Wildman–Crippen LogP) is 2.86. The van der Waals surface area contributed by atoms with E-state index in [2.05, 4.69) is 25.2 Å². The third-order valence-corrected chi connectivity index (χ3v) is 3.96. The Kier molecular flexibility index (Phi) is 4.77. The minimum atomic E-state index is 0.380. The lowest BCUT2D eigenvalue weighted by Gasteiger charge is -2.19. The van der Waals surface area contributed by atoms with E-state index in [0.717, 1.165) is 37.2 Å². The van der Waals surface area contributed by atoms with Crippen molar-refractivity contribution in [3.05, 3.63) is 29.3 Å². The van der Waals surface area contributed by atoms with Gasteiger partial charge in [-0.05, 0) is 37.5 Å². The summed E-state index contributed by atoms with van der Waals surface area (Å²) in [6.07, 6.45) is 2.58. The van der Waals surface area contributed by atoms with Gasteiger partial charge in [-0.1, -0.05) is 25.2 Å². The number of rotatable bonds is 5. The van der Waals surface area contributed by atoms with Gasteiger partial charge in [-0.3, -0.25) is 0 Å². The number of benzene rings is 1. The van der Waals surface area contributed by atoms with E-state index in [1.165, 1.54) is 5.56 Å². The first-order valence-electron chi connectivity index (χ1n) is 6.87. The topological polar surface area (TPSA) is 47.3 Å². The van der Waals surface area contributed by atoms with E-state index < -0.39 is 0 Å². The number of ether oxygens (including phenoxy) is 1. The number of aryl methyl sites for hydroxylation is 1. The standard InChI is InChI=1S/C15H22N2OS/c1-3-14-11(6-7-18-14)9-17-13-8-10(2)4-5-12(13)15(16)19/h4-5,8,11,14,17H,3,6-7,9H2,1-2H3,(H2,16,19). The first-order chi connectivity index (χ1) is 9.11. The zero-order valence-electron chi connectivity index (χ0n) is 11.6. The highest BCUT2D eigenvalue weighted by Gasteiger charge is 2.26. The molecule has 0 bridgehead atoms. The molecule has 3 nitrogen and oxygen atoms in total. The minimum Gasteiger partial charge on any atom is -0.389 e. The molecule has 0 saturated carbocycles. The molecule has 0 spiro atoms. The number of nitrogens with one attached hydrogen (secondary N) is 1. The Hall–Kier alpha value is -1.13. The van der Waals surface area contributed by atoms with Crippen molar-refractivity contribution in [3.8, 4) is 0 Å². The van der Waals surface area contributed by atoms with Gasteiger partial charge in [0.25, 0.3) is 0 Å². The van der Waals surface area contributed by atoms with Gasteiger partial charge in [0.1, 0.15) is 4.99 Å². The Labute approximate surface area is 120 Å². The number of anilines is 1. The Balaban J connectivity index is 2.06. The Morgan fingerprint density at radius 2 is 2.32 bits per heavy atom. The fourth-order valence-corrected chi connectivity index (χ4v) is 2.82. The van der Waals surface area contributed by atoms with Crippen LogP contribution in [0.1, 0.15) is 30.9 Å². The molecule has 2 atom stereocenters. The summed E-state index contributed by atoms with van der Waals surface area (Å²) in [5, 5.41) is 3.49. The van der Waals surface area contributed by atoms with Crippen LogP contribution in [0.15, 0.2) is 18.2 Å². The van der Waals surface area contributed by atoms with Crippen molar-refractivity contribution in [1.82, 2.24) is 0 Å². The average molecular weight is 278 g/mol. The van der Waals surface area contributed by atoms with Gasteiger partial charge in [0, 0.05) is 30.3 Å². The SMILES string of the molecule is CCC1OCCC1CNc1cc(C)ccc1C(N)=S. The molecular formula is C15H22N2OS. The molecule has 0 radical (unpaired) electrons. The maximum atomic E-state index is 5.77. The van der Waals surface area contributed by atoms with Gasteiger partial charge in [0.2, 0.25) is 0 Å². The molecule has 3 N–H and O–H groups in total. The van der Waals surface area contributed by atoms with Crippen LogP contribution in [0.5, 0.6) is 0 Å². The molecule has 4 heteroatoms. The summed E-state index contributed by atoms with van der Waals surface area (Å²) in [6.45, 7) is 6.04. The highest BCUT2D eigenvalue weighted by atomic mass is 32.1. The van der Waals surface area contributed by atoms with Crippen LogP contribution >= 0.6 is 12.2 Å². The molecule has 1 heterocycles. The van der Waals surface area contributed by atoms with E-state index in [9.17, 15) is 0 Å². The van der Waals surface area contributed by atoms with Crippen molar-refractivity contribution in [3.63, 3.8) is 0 Å². The van der Waals surface area contributed by atoms with Crippen LogP contribution in [0.3, 0.4) is 0 Å². The van der Waals surface area contributed by atoms with Crippen molar-refractivity contribution < 1.29 is 4.74 Å². The van der Waals surface area contributed by atoms with Crippen molar-refractivity contribution in [2.75, 3.05) is 18.5 Å². The van der Waals surface area contributed by atoms with Crippen LogP contribution in [-0.4, -0.2) is 24.2 Å². The van der Waals surface area contributed by atoms with E-state index >= 15 is 0 Å². The summed E-state index contributed by atoms with van der Waals surface area (Å²) < 4.78 is 5.71. The first-order valence-corrected chi connectivity index (χ1v) is 7.28. The summed E-state index contributed by atoms with van der Waals surface area (Å²) in [6, 6.07) is 6.13. The van der Waals surface area contributed by atoms with Crippen LogP contribution in [0, 0.1) is 12.8 Å². The lowest BCUT2D eigenvalue weighted by Crippen LogP contribution is -2.24. The summed E-state index contributed by atoms with van der Waals surface area (Å²) in [4.78, 5) is 0.442. The van der Waals surface area contributed by atoms with E-state index in [1.807, 2.05) is 12.1 Å². The molecule has 1 aromatic carbocycles. The van der Waals surface area contributed by atoms with Crippen LogP contribution in [0.2, 0.25) is 0 Å². The summed E-state index contributed by atoms with van der Waals surface area (Å²) >= 11 is 5.10. The molecule has 104 valence electrons. The van der Waals surface area contributed by atoms with Crippen LogP contribution in [0.25, 0.3) is 0 Å². The lowest BCUT2D eigenvalue weighted by atomic mass is 9.99. The largest absolute Gasteiger partial charge is 0.389 e. The molecule has 0 aromatic heterocycles. The molecule has 1 saturated heterocycles. The molecule has 1 aliphatic heterocycles. The van der Waals surface area contributed by atoms with Gasteiger partial charge < -0.3 is 15.8 Å². The third-order valence-electron chi connectivity index (χ3n) is 3.74. The van der Waals surface area contributed by atoms with Crippen molar-refractivity contribution >= 4 is 22.9 Å². The van der Waals surface area contributed by atoms with Crippen molar-refractivity contribution in [1.29, 1.82) is 0 Å². The molecule has 1 fully saturated rings. The fraction of sp³-hybridized carbons (Fsp3) is 0.533. The zero-order valence-corrected chi connectivity index (χ0v) is 12.4. The van der Waals surface area contributed by atoms with Crippen LogP contribution in [0.4, 0.5) is 5.69 Å². The van der Waals surface area contributed by atoms with E-state index in [0.29, 0.717) is 17.0 Å². The second-order valence-corrected chi connectivity index (χ2v) is 5.60. The molecule has 0 aliphatic carbocycles. The molecule has 1 aliphatic rings. The Morgan fingerprint density at radius 1 is 1.53 bits per heavy atom. The summed E-state index contributed by atoms with van der Waals surface area (Å²) in [5.74, 6) is 0.574. The summed E-state index contributed by atoms with van der Waals surface area (Å²) in [7, 11) is 0. The van der Waals surface area contributed by atoms with Crippen LogP contribution in [-0.2, 0) is 4.74 Å².